The van der Waals surface area contributed by atoms with E-state index in [0.717, 1.165) is 5.69 Å². The first-order valence-corrected chi connectivity index (χ1v) is 6.91. The molecule has 2 aromatic rings. The van der Waals surface area contributed by atoms with Crippen molar-refractivity contribution in [1.82, 2.24) is 0 Å². The minimum atomic E-state index is -0.556. The van der Waals surface area contributed by atoms with E-state index < -0.39 is 6.03 Å². The van der Waals surface area contributed by atoms with Crippen molar-refractivity contribution >= 4 is 28.7 Å². The van der Waals surface area contributed by atoms with Crippen LogP contribution < -0.4 is 16.4 Å². The Balaban J connectivity index is 2.11. The lowest BCUT2D eigenvalue weighted by Crippen LogP contribution is -2.19. The highest BCUT2D eigenvalue weighted by Gasteiger charge is 2.09. The molecule has 2 amide bonds. The molecule has 5 heteroatoms. The summed E-state index contributed by atoms with van der Waals surface area (Å²) in [7, 11) is 0. The minimum Gasteiger partial charge on any atom is -0.378 e. The van der Waals surface area contributed by atoms with Gasteiger partial charge in [0.2, 0.25) is 0 Å². The van der Waals surface area contributed by atoms with E-state index in [0.29, 0.717) is 5.69 Å². The predicted octanol–water partition coefficient (Wildman–Crippen LogP) is 3.72. The van der Waals surface area contributed by atoms with Crippen LogP contribution in [0, 0.1) is 6.92 Å². The number of hydrogen-bond acceptors (Lipinski definition) is 3. The lowest BCUT2D eigenvalue weighted by molar-refractivity contribution is 0.259. The highest BCUT2D eigenvalue weighted by Crippen LogP contribution is 2.27. The first-order chi connectivity index (χ1) is 9.06. The van der Waals surface area contributed by atoms with Crippen LogP contribution in [0.4, 0.5) is 16.2 Å². The fourth-order valence-electron chi connectivity index (χ4n) is 1.97. The first-order valence-electron chi connectivity index (χ1n) is 6.03. The van der Waals surface area contributed by atoms with Crippen LogP contribution in [0.5, 0.6) is 0 Å². The third-order valence-electron chi connectivity index (χ3n) is 2.81. The van der Waals surface area contributed by atoms with Crippen molar-refractivity contribution in [3.05, 3.63) is 46.2 Å². The molecule has 2 rings (SSSR count). The van der Waals surface area contributed by atoms with Crippen molar-refractivity contribution in [1.29, 1.82) is 0 Å². The zero-order valence-corrected chi connectivity index (χ0v) is 11.8. The van der Waals surface area contributed by atoms with E-state index in [1.54, 1.807) is 17.4 Å². The highest BCUT2D eigenvalue weighted by atomic mass is 32.1. The average molecular weight is 275 g/mol. The Kier molecular flexibility index (Phi) is 4.06. The average Bonchev–Trinajstić information content (AvgIpc) is 2.75. The van der Waals surface area contributed by atoms with Gasteiger partial charge < -0.3 is 16.4 Å². The monoisotopic (exact) mass is 275 g/mol. The van der Waals surface area contributed by atoms with Crippen LogP contribution in [-0.4, -0.2) is 6.03 Å². The smallest absolute Gasteiger partial charge is 0.316 e. The summed E-state index contributed by atoms with van der Waals surface area (Å²) in [5.74, 6) is 0. The number of nitrogens with one attached hydrogen (secondary N) is 2. The highest BCUT2D eigenvalue weighted by molar-refractivity contribution is 7.10. The summed E-state index contributed by atoms with van der Waals surface area (Å²) in [6, 6.07) is 9.29. The second-order valence-corrected chi connectivity index (χ2v) is 5.35. The standard InChI is InChI=1S/C14H17N3OS/c1-9-6-7-19-13(9)10(2)16-11-4-3-5-12(8-11)17-14(15)18/h3-8,10,16H,1-2H3,(H3,15,17,18). The van der Waals surface area contributed by atoms with E-state index in [2.05, 4.69) is 35.9 Å². The van der Waals surface area contributed by atoms with Gasteiger partial charge in [-0.3, -0.25) is 0 Å². The molecule has 0 fully saturated rings. The number of urea groups is 1. The van der Waals surface area contributed by atoms with Gasteiger partial charge in [0.25, 0.3) is 0 Å². The molecule has 0 radical (unpaired) electrons. The molecule has 1 heterocycles. The fraction of sp³-hybridized carbons (Fsp3) is 0.214. The largest absolute Gasteiger partial charge is 0.378 e. The molecule has 0 aliphatic heterocycles. The van der Waals surface area contributed by atoms with Crippen LogP contribution in [0.1, 0.15) is 23.4 Å². The number of aryl methyl sites for hydroxylation is 1. The predicted molar refractivity (Wildman–Crippen MR) is 80.7 cm³/mol. The van der Waals surface area contributed by atoms with Gasteiger partial charge in [0.1, 0.15) is 0 Å². The van der Waals surface area contributed by atoms with Crippen LogP contribution >= 0.6 is 11.3 Å². The van der Waals surface area contributed by atoms with Crippen molar-refractivity contribution in [3.8, 4) is 0 Å². The molecule has 100 valence electrons. The van der Waals surface area contributed by atoms with Crippen LogP contribution in [0.25, 0.3) is 0 Å². The molecule has 0 aliphatic carbocycles. The van der Waals surface area contributed by atoms with Crippen molar-refractivity contribution in [3.63, 3.8) is 0 Å². The van der Waals surface area contributed by atoms with Gasteiger partial charge in [0.15, 0.2) is 0 Å². The summed E-state index contributed by atoms with van der Waals surface area (Å²) in [6.45, 7) is 4.22. The van der Waals surface area contributed by atoms with E-state index in [-0.39, 0.29) is 6.04 Å². The molecule has 0 saturated heterocycles. The van der Waals surface area contributed by atoms with Gasteiger partial charge in [0, 0.05) is 16.3 Å². The SMILES string of the molecule is Cc1ccsc1C(C)Nc1cccc(NC(N)=O)c1. The molecule has 0 saturated carbocycles. The Morgan fingerprint density at radius 3 is 2.68 bits per heavy atom. The van der Waals surface area contributed by atoms with E-state index >= 15 is 0 Å². The molecule has 1 unspecified atom stereocenters. The van der Waals surface area contributed by atoms with E-state index in [1.165, 1.54) is 10.4 Å². The number of hydrogen-bond donors (Lipinski definition) is 3. The molecule has 1 aromatic carbocycles. The van der Waals surface area contributed by atoms with Crippen molar-refractivity contribution in [2.24, 2.45) is 5.73 Å². The summed E-state index contributed by atoms with van der Waals surface area (Å²) in [4.78, 5) is 12.1. The number of amides is 2. The number of nitrogens with two attached hydrogens (primary N) is 1. The fourth-order valence-corrected chi connectivity index (χ4v) is 2.91. The molecule has 0 aliphatic rings. The molecule has 1 atom stereocenters. The molecular weight excluding hydrogens is 258 g/mol. The Morgan fingerprint density at radius 1 is 1.32 bits per heavy atom. The summed E-state index contributed by atoms with van der Waals surface area (Å²) in [6.07, 6.45) is 0. The van der Waals surface area contributed by atoms with Crippen molar-refractivity contribution in [2.45, 2.75) is 19.9 Å². The van der Waals surface area contributed by atoms with Gasteiger partial charge in [-0.2, -0.15) is 0 Å². The third kappa shape index (κ3) is 3.48. The molecule has 4 nitrogen and oxygen atoms in total. The number of benzene rings is 1. The van der Waals surface area contributed by atoms with Gasteiger partial charge in [-0.05, 0) is 49.1 Å². The topological polar surface area (TPSA) is 67.2 Å². The lowest BCUT2D eigenvalue weighted by Gasteiger charge is -2.15. The Bertz CT molecular complexity index is 580. The van der Waals surface area contributed by atoms with Gasteiger partial charge in [-0.15, -0.1) is 11.3 Å². The van der Waals surface area contributed by atoms with Crippen LogP contribution in [-0.2, 0) is 0 Å². The summed E-state index contributed by atoms with van der Waals surface area (Å²) >= 11 is 1.74. The zero-order chi connectivity index (χ0) is 13.8. The van der Waals surface area contributed by atoms with Crippen molar-refractivity contribution in [2.75, 3.05) is 10.6 Å². The van der Waals surface area contributed by atoms with Crippen LogP contribution in [0.15, 0.2) is 35.7 Å². The summed E-state index contributed by atoms with van der Waals surface area (Å²) < 4.78 is 0. The third-order valence-corrected chi connectivity index (χ3v) is 4.01. The normalized spacial score (nSPS) is 11.9. The molecule has 1 aromatic heterocycles. The number of anilines is 2. The maximum Gasteiger partial charge on any atom is 0.316 e. The maximum absolute atomic E-state index is 10.8. The Hall–Kier alpha value is -2.01. The number of primary amides is 1. The molecular formula is C14H17N3OS. The number of thiophene rings is 1. The van der Waals surface area contributed by atoms with E-state index in [9.17, 15) is 4.79 Å². The van der Waals surface area contributed by atoms with Crippen LogP contribution in [0.3, 0.4) is 0 Å². The van der Waals surface area contributed by atoms with E-state index in [1.807, 2.05) is 18.2 Å². The van der Waals surface area contributed by atoms with E-state index in [4.69, 9.17) is 5.73 Å². The van der Waals surface area contributed by atoms with Gasteiger partial charge in [-0.25, -0.2) is 4.79 Å². The zero-order valence-electron chi connectivity index (χ0n) is 10.9. The number of carbonyl (C=O) groups is 1. The molecule has 0 spiro atoms. The number of rotatable bonds is 4. The van der Waals surface area contributed by atoms with Gasteiger partial charge in [-0.1, -0.05) is 6.07 Å². The summed E-state index contributed by atoms with van der Waals surface area (Å²) in [5, 5.41) is 8.07. The van der Waals surface area contributed by atoms with Gasteiger partial charge in [0.05, 0.1) is 6.04 Å². The first kappa shape index (κ1) is 13.4. The van der Waals surface area contributed by atoms with Gasteiger partial charge >= 0.3 is 6.03 Å². The Morgan fingerprint density at radius 2 is 2.05 bits per heavy atom. The maximum atomic E-state index is 10.8. The number of carbonyl (C=O) groups excluding carboxylic acids is 1. The molecule has 4 N–H and O–H groups in total. The second kappa shape index (κ2) is 5.75. The molecule has 0 bridgehead atoms. The van der Waals surface area contributed by atoms with Crippen LogP contribution in [0.2, 0.25) is 0 Å². The quantitative estimate of drug-likeness (QED) is 0.796. The Labute approximate surface area is 116 Å². The molecule has 19 heavy (non-hydrogen) atoms. The second-order valence-electron chi connectivity index (χ2n) is 4.40. The summed E-state index contributed by atoms with van der Waals surface area (Å²) in [5.41, 5.74) is 8.03. The minimum absolute atomic E-state index is 0.226. The van der Waals surface area contributed by atoms with Crippen molar-refractivity contribution < 1.29 is 4.79 Å². The lowest BCUT2D eigenvalue weighted by atomic mass is 10.2.